The number of rotatable bonds is 3. The van der Waals surface area contributed by atoms with Gasteiger partial charge in [0, 0.05) is 11.6 Å². The van der Waals surface area contributed by atoms with Crippen molar-refractivity contribution in [1.82, 2.24) is 4.98 Å². The van der Waals surface area contributed by atoms with E-state index >= 15 is 0 Å². The summed E-state index contributed by atoms with van der Waals surface area (Å²) in [5.41, 5.74) is 0.829. The van der Waals surface area contributed by atoms with Crippen LogP contribution in [0.1, 0.15) is 20.3 Å². The van der Waals surface area contributed by atoms with E-state index in [0.717, 1.165) is 17.3 Å². The smallest absolute Gasteiger partial charge is 0.164 e. The van der Waals surface area contributed by atoms with Gasteiger partial charge in [-0.05, 0) is 25.5 Å². The normalized spacial score (nSPS) is 12.7. The number of fused-ring (bicyclic) bond motifs is 1. The Bertz CT molecular complexity index is 498. The maximum atomic E-state index is 6.14. The monoisotopic (exact) mass is 235 g/mol. The second-order valence-electron chi connectivity index (χ2n) is 3.79. The van der Waals surface area contributed by atoms with Gasteiger partial charge in [-0.15, -0.1) is 0 Å². The van der Waals surface area contributed by atoms with Crippen molar-refractivity contribution in [1.29, 1.82) is 0 Å². The molecule has 0 N–H and O–H groups in total. The number of benzene rings is 1. The lowest BCUT2D eigenvalue weighted by molar-refractivity contribution is 0.220. The summed E-state index contributed by atoms with van der Waals surface area (Å²) in [6.45, 7) is 4.11. The molecule has 1 aromatic heterocycles. The SMILES string of the molecule is CC[C@@H](C)Oc1c(Cl)ccc2cccnc12. The van der Waals surface area contributed by atoms with Crippen molar-refractivity contribution in [3.63, 3.8) is 0 Å². The highest BCUT2D eigenvalue weighted by Crippen LogP contribution is 2.32. The lowest BCUT2D eigenvalue weighted by atomic mass is 10.2. The van der Waals surface area contributed by atoms with Gasteiger partial charge < -0.3 is 4.74 Å². The van der Waals surface area contributed by atoms with E-state index in [1.54, 1.807) is 6.20 Å². The zero-order valence-electron chi connectivity index (χ0n) is 9.40. The Balaban J connectivity index is 2.52. The van der Waals surface area contributed by atoms with Crippen molar-refractivity contribution in [3.8, 4) is 5.75 Å². The van der Waals surface area contributed by atoms with Gasteiger partial charge in [0.15, 0.2) is 5.75 Å². The summed E-state index contributed by atoms with van der Waals surface area (Å²) < 4.78 is 5.81. The summed E-state index contributed by atoms with van der Waals surface area (Å²) in [4.78, 5) is 4.32. The number of halogens is 1. The van der Waals surface area contributed by atoms with Crippen LogP contribution in [0.15, 0.2) is 30.5 Å². The van der Waals surface area contributed by atoms with E-state index in [1.807, 2.05) is 31.2 Å². The van der Waals surface area contributed by atoms with Crippen LogP contribution >= 0.6 is 11.6 Å². The van der Waals surface area contributed by atoms with Crippen molar-refractivity contribution < 1.29 is 4.74 Å². The summed E-state index contributed by atoms with van der Waals surface area (Å²) in [5, 5.41) is 1.66. The Morgan fingerprint density at radius 3 is 2.94 bits per heavy atom. The quantitative estimate of drug-likeness (QED) is 0.800. The van der Waals surface area contributed by atoms with Crippen LogP contribution in [0.2, 0.25) is 5.02 Å². The van der Waals surface area contributed by atoms with Gasteiger partial charge in [-0.2, -0.15) is 0 Å². The van der Waals surface area contributed by atoms with E-state index in [1.165, 1.54) is 0 Å². The first kappa shape index (κ1) is 11.2. The molecule has 2 rings (SSSR count). The number of aromatic nitrogens is 1. The predicted octanol–water partition coefficient (Wildman–Crippen LogP) is 4.07. The zero-order chi connectivity index (χ0) is 11.5. The number of hydrogen-bond acceptors (Lipinski definition) is 2. The van der Waals surface area contributed by atoms with Crippen LogP contribution in [-0.2, 0) is 0 Å². The minimum atomic E-state index is 0.144. The molecule has 0 aliphatic heterocycles. The molecule has 1 aromatic carbocycles. The van der Waals surface area contributed by atoms with Gasteiger partial charge in [0.25, 0.3) is 0 Å². The van der Waals surface area contributed by atoms with Gasteiger partial charge >= 0.3 is 0 Å². The average Bonchev–Trinajstić information content (AvgIpc) is 2.32. The molecular formula is C13H14ClNO. The molecule has 16 heavy (non-hydrogen) atoms. The first-order chi connectivity index (χ1) is 7.72. The number of nitrogens with zero attached hydrogens (tertiary/aromatic N) is 1. The molecule has 2 aromatic rings. The number of pyridine rings is 1. The summed E-state index contributed by atoms with van der Waals surface area (Å²) in [7, 11) is 0. The van der Waals surface area contributed by atoms with Crippen LogP contribution < -0.4 is 4.74 Å². The largest absolute Gasteiger partial charge is 0.487 e. The van der Waals surface area contributed by atoms with E-state index in [2.05, 4.69) is 11.9 Å². The predicted molar refractivity (Wildman–Crippen MR) is 67.1 cm³/mol. The molecule has 0 saturated carbocycles. The minimum absolute atomic E-state index is 0.144. The van der Waals surface area contributed by atoms with Gasteiger partial charge in [-0.1, -0.05) is 30.7 Å². The Kier molecular flexibility index (Phi) is 3.30. The lowest BCUT2D eigenvalue weighted by Gasteiger charge is -2.15. The third-order valence-electron chi connectivity index (χ3n) is 2.57. The van der Waals surface area contributed by atoms with Crippen molar-refractivity contribution in [2.75, 3.05) is 0 Å². The van der Waals surface area contributed by atoms with E-state index in [9.17, 15) is 0 Å². The summed E-state index contributed by atoms with van der Waals surface area (Å²) in [6, 6.07) is 7.71. The van der Waals surface area contributed by atoms with Crippen LogP contribution in [0, 0.1) is 0 Å². The second kappa shape index (κ2) is 4.71. The zero-order valence-corrected chi connectivity index (χ0v) is 10.2. The molecule has 0 amide bonds. The van der Waals surface area contributed by atoms with Crippen LogP contribution in [0.4, 0.5) is 0 Å². The highest BCUT2D eigenvalue weighted by Gasteiger charge is 2.11. The van der Waals surface area contributed by atoms with Crippen LogP contribution in [-0.4, -0.2) is 11.1 Å². The molecule has 0 spiro atoms. The molecule has 0 aliphatic carbocycles. The van der Waals surface area contributed by atoms with Crippen molar-refractivity contribution in [3.05, 3.63) is 35.5 Å². The van der Waals surface area contributed by atoms with Crippen LogP contribution in [0.5, 0.6) is 5.75 Å². The fraction of sp³-hybridized carbons (Fsp3) is 0.308. The molecule has 3 heteroatoms. The van der Waals surface area contributed by atoms with Gasteiger partial charge in [-0.25, -0.2) is 0 Å². The second-order valence-corrected chi connectivity index (χ2v) is 4.20. The average molecular weight is 236 g/mol. The fourth-order valence-electron chi connectivity index (χ4n) is 1.49. The number of hydrogen-bond donors (Lipinski definition) is 0. The van der Waals surface area contributed by atoms with E-state index in [4.69, 9.17) is 16.3 Å². The third kappa shape index (κ3) is 2.12. The number of ether oxygens (including phenoxy) is 1. The van der Waals surface area contributed by atoms with Crippen LogP contribution in [0.25, 0.3) is 10.9 Å². The van der Waals surface area contributed by atoms with Gasteiger partial charge in [0.1, 0.15) is 5.52 Å². The highest BCUT2D eigenvalue weighted by molar-refractivity contribution is 6.33. The van der Waals surface area contributed by atoms with Crippen molar-refractivity contribution >= 4 is 22.5 Å². The van der Waals surface area contributed by atoms with E-state index in [0.29, 0.717) is 10.8 Å². The first-order valence-corrected chi connectivity index (χ1v) is 5.80. The van der Waals surface area contributed by atoms with Crippen molar-refractivity contribution in [2.24, 2.45) is 0 Å². The molecule has 0 saturated heterocycles. The molecule has 1 atom stereocenters. The molecule has 1 heterocycles. The summed E-state index contributed by atoms with van der Waals surface area (Å²) in [5.74, 6) is 0.689. The topological polar surface area (TPSA) is 22.1 Å². The molecule has 2 nitrogen and oxygen atoms in total. The van der Waals surface area contributed by atoms with E-state index < -0.39 is 0 Å². The lowest BCUT2D eigenvalue weighted by Crippen LogP contribution is -2.10. The molecule has 0 radical (unpaired) electrons. The molecule has 0 fully saturated rings. The Hall–Kier alpha value is -1.28. The highest BCUT2D eigenvalue weighted by atomic mass is 35.5. The Morgan fingerprint density at radius 1 is 1.38 bits per heavy atom. The standard InChI is InChI=1S/C13H14ClNO/c1-3-9(2)16-13-11(14)7-6-10-5-4-8-15-12(10)13/h4-9H,3H2,1-2H3/t9-/m1/s1. The Labute approximate surface area is 100 Å². The molecular weight excluding hydrogens is 222 g/mol. The molecule has 0 unspecified atom stereocenters. The molecule has 0 aliphatic rings. The minimum Gasteiger partial charge on any atom is -0.487 e. The van der Waals surface area contributed by atoms with Crippen LogP contribution in [0.3, 0.4) is 0 Å². The Morgan fingerprint density at radius 2 is 2.19 bits per heavy atom. The summed E-state index contributed by atoms with van der Waals surface area (Å²) >= 11 is 6.14. The van der Waals surface area contributed by atoms with Gasteiger partial charge in [-0.3, -0.25) is 4.98 Å². The first-order valence-electron chi connectivity index (χ1n) is 5.42. The third-order valence-corrected chi connectivity index (χ3v) is 2.87. The summed E-state index contributed by atoms with van der Waals surface area (Å²) in [6.07, 6.45) is 2.84. The molecule has 0 bridgehead atoms. The fourth-order valence-corrected chi connectivity index (χ4v) is 1.69. The molecule has 84 valence electrons. The van der Waals surface area contributed by atoms with Crippen molar-refractivity contribution in [2.45, 2.75) is 26.4 Å². The maximum Gasteiger partial charge on any atom is 0.164 e. The maximum absolute atomic E-state index is 6.14. The van der Waals surface area contributed by atoms with Gasteiger partial charge in [0.05, 0.1) is 11.1 Å². The van der Waals surface area contributed by atoms with E-state index in [-0.39, 0.29) is 6.10 Å². The van der Waals surface area contributed by atoms with Gasteiger partial charge in [0.2, 0.25) is 0 Å².